The number of anilines is 1. The molecular formula is C24H26FN6O2+. The van der Waals surface area contributed by atoms with Gasteiger partial charge in [-0.15, -0.1) is 10.0 Å². The van der Waals surface area contributed by atoms with E-state index < -0.39 is 0 Å². The van der Waals surface area contributed by atoms with Gasteiger partial charge in [0.15, 0.2) is 6.20 Å². The van der Waals surface area contributed by atoms with E-state index >= 15 is 0 Å². The topological polar surface area (TPSA) is 70.8 Å². The van der Waals surface area contributed by atoms with E-state index in [-0.39, 0.29) is 16.6 Å². The zero-order valence-corrected chi connectivity index (χ0v) is 18.6. The Morgan fingerprint density at radius 3 is 2.55 bits per heavy atom. The van der Waals surface area contributed by atoms with Gasteiger partial charge in [-0.25, -0.2) is 4.39 Å². The third-order valence-corrected chi connectivity index (χ3v) is 6.08. The quantitative estimate of drug-likeness (QED) is 0.685. The van der Waals surface area contributed by atoms with Gasteiger partial charge in [-0.05, 0) is 46.8 Å². The van der Waals surface area contributed by atoms with Crippen LogP contribution in [0, 0.1) is 5.82 Å². The molecule has 2 unspecified atom stereocenters. The van der Waals surface area contributed by atoms with Gasteiger partial charge in [-0.3, -0.25) is 4.99 Å². The second-order valence-electron chi connectivity index (χ2n) is 8.07. The molecule has 3 aliphatic rings. The molecule has 33 heavy (non-hydrogen) atoms. The number of nitrogens with zero attached hydrogens (tertiary/aromatic N) is 5. The standard InChI is InChI=1S/C24H26FN6O2/c1-32-20-13-19(14-21(15-20)33-2)27-24-28-23-16-26-10-12-31(23,29-24)30-11-4-3-5-22(30)17-6-8-18(25)9-7-17/h6-10,12-16,22H,3-5,11H2,1-2H3,(H,27,29)/q+1. The van der Waals surface area contributed by atoms with E-state index in [0.29, 0.717) is 23.3 Å². The number of ether oxygens (including phenoxy) is 2. The predicted octanol–water partition coefficient (Wildman–Crippen LogP) is 4.45. The summed E-state index contributed by atoms with van der Waals surface area (Å²) in [5.74, 6) is 2.25. The molecular weight excluding hydrogens is 423 g/mol. The lowest BCUT2D eigenvalue weighted by Crippen LogP contribution is -2.59. The lowest BCUT2D eigenvalue weighted by Gasteiger charge is -2.42. The molecule has 9 heteroatoms. The fourth-order valence-electron chi connectivity index (χ4n) is 4.51. The van der Waals surface area contributed by atoms with Crippen LogP contribution >= 0.6 is 0 Å². The molecule has 3 heterocycles. The van der Waals surface area contributed by atoms with Gasteiger partial charge < -0.3 is 14.8 Å². The summed E-state index contributed by atoms with van der Waals surface area (Å²) in [6.45, 7) is 0.822. The van der Waals surface area contributed by atoms with E-state index in [4.69, 9.17) is 19.6 Å². The molecule has 5 rings (SSSR count). The van der Waals surface area contributed by atoms with Gasteiger partial charge in [0.1, 0.15) is 23.5 Å². The fraction of sp³-hybridized carbons (Fsp3) is 0.292. The third kappa shape index (κ3) is 4.01. The molecule has 1 N–H and O–H groups in total. The van der Waals surface area contributed by atoms with Gasteiger partial charge in [0.2, 0.25) is 0 Å². The summed E-state index contributed by atoms with van der Waals surface area (Å²) >= 11 is 0. The number of hydrogen-bond acceptors (Lipinski definition) is 7. The minimum Gasteiger partial charge on any atom is -0.497 e. The van der Waals surface area contributed by atoms with Crippen molar-refractivity contribution in [2.75, 3.05) is 26.1 Å². The fourth-order valence-corrected chi connectivity index (χ4v) is 4.51. The van der Waals surface area contributed by atoms with E-state index in [1.807, 2.05) is 30.5 Å². The number of aliphatic imine (C=N–C) groups is 2. The number of nitrogens with one attached hydrogen (secondary N) is 1. The Labute approximate surface area is 191 Å². The van der Waals surface area contributed by atoms with E-state index in [9.17, 15) is 4.39 Å². The Morgan fingerprint density at radius 2 is 1.82 bits per heavy atom. The number of guanidine groups is 1. The average molecular weight is 450 g/mol. The number of methoxy groups -OCH3 is 2. The van der Waals surface area contributed by atoms with Crippen molar-refractivity contribution in [1.82, 2.24) is 5.01 Å². The van der Waals surface area contributed by atoms with E-state index in [0.717, 1.165) is 37.1 Å². The highest BCUT2D eigenvalue weighted by Crippen LogP contribution is 2.39. The molecule has 8 nitrogen and oxygen atoms in total. The first kappa shape index (κ1) is 21.3. The van der Waals surface area contributed by atoms with Gasteiger partial charge in [-0.1, -0.05) is 12.1 Å². The number of halogens is 1. The van der Waals surface area contributed by atoms with Crippen LogP contribution < -0.4 is 14.8 Å². The Kier molecular flexibility index (Phi) is 5.65. The molecule has 3 aliphatic heterocycles. The molecule has 0 saturated carbocycles. The number of piperidine rings is 1. The summed E-state index contributed by atoms with van der Waals surface area (Å²) in [7, 11) is 3.22. The maximum Gasteiger partial charge on any atom is 0.301 e. The lowest BCUT2D eigenvalue weighted by atomic mass is 9.96. The molecule has 170 valence electrons. The number of quaternary nitrogens is 1. The summed E-state index contributed by atoms with van der Waals surface area (Å²) < 4.78 is 24.4. The zero-order valence-electron chi connectivity index (χ0n) is 18.6. The van der Waals surface area contributed by atoms with Crippen molar-refractivity contribution >= 4 is 23.7 Å². The molecule has 0 radical (unpaired) electrons. The van der Waals surface area contributed by atoms with Crippen LogP contribution in [0.4, 0.5) is 10.1 Å². The van der Waals surface area contributed by atoms with Crippen molar-refractivity contribution in [3.05, 3.63) is 66.2 Å². The largest absolute Gasteiger partial charge is 0.497 e. The Balaban J connectivity index is 1.51. The maximum atomic E-state index is 13.6. The third-order valence-electron chi connectivity index (χ3n) is 6.08. The number of benzene rings is 2. The minimum atomic E-state index is -0.236. The first-order chi connectivity index (χ1) is 16.1. The van der Waals surface area contributed by atoms with Gasteiger partial charge in [-0.2, -0.15) is 0 Å². The highest BCUT2D eigenvalue weighted by Gasteiger charge is 2.50. The van der Waals surface area contributed by atoms with Crippen molar-refractivity contribution in [3.8, 4) is 11.5 Å². The van der Waals surface area contributed by atoms with Crippen molar-refractivity contribution in [1.29, 1.82) is 0 Å². The van der Waals surface area contributed by atoms with Gasteiger partial charge in [0, 0.05) is 23.9 Å². The van der Waals surface area contributed by atoms with Crippen molar-refractivity contribution in [2.24, 2.45) is 15.1 Å². The first-order valence-electron chi connectivity index (χ1n) is 10.9. The zero-order chi connectivity index (χ0) is 22.8. The number of fused-ring (bicyclic) bond motifs is 1. The predicted molar refractivity (Wildman–Crippen MR) is 126 cm³/mol. The normalized spacial score (nSPS) is 24.2. The van der Waals surface area contributed by atoms with E-state index in [1.165, 1.54) is 12.1 Å². The molecule has 1 saturated heterocycles. The monoisotopic (exact) mass is 449 g/mol. The van der Waals surface area contributed by atoms with Crippen LogP contribution in [-0.2, 0) is 0 Å². The second-order valence-corrected chi connectivity index (χ2v) is 8.07. The van der Waals surface area contributed by atoms with Crippen LogP contribution in [0.2, 0.25) is 0 Å². The second kappa shape index (κ2) is 8.76. The molecule has 0 aromatic heterocycles. The molecule has 0 bridgehead atoms. The summed E-state index contributed by atoms with van der Waals surface area (Å²) in [5.41, 5.74) is 1.81. The molecule has 2 aromatic rings. The summed E-state index contributed by atoms with van der Waals surface area (Å²) in [4.78, 5) is 9.05. The lowest BCUT2D eigenvalue weighted by molar-refractivity contribution is -0.925. The number of amidine groups is 1. The Hall–Kier alpha value is -3.56. The van der Waals surface area contributed by atoms with Gasteiger partial charge >= 0.3 is 5.84 Å². The number of rotatable bonds is 5. The van der Waals surface area contributed by atoms with Crippen molar-refractivity contribution in [2.45, 2.75) is 25.3 Å². The van der Waals surface area contributed by atoms with E-state index in [2.05, 4.69) is 15.3 Å². The van der Waals surface area contributed by atoms with Crippen LogP contribution in [0.5, 0.6) is 11.5 Å². The molecule has 1 fully saturated rings. The molecule has 0 aliphatic carbocycles. The molecule has 2 aromatic carbocycles. The van der Waals surface area contributed by atoms with Crippen LogP contribution in [-0.4, -0.2) is 48.5 Å². The van der Waals surface area contributed by atoms with Crippen LogP contribution in [0.25, 0.3) is 0 Å². The van der Waals surface area contributed by atoms with Crippen molar-refractivity contribution in [3.63, 3.8) is 0 Å². The van der Waals surface area contributed by atoms with Gasteiger partial charge in [0.25, 0.3) is 5.96 Å². The Morgan fingerprint density at radius 1 is 1.06 bits per heavy atom. The van der Waals surface area contributed by atoms with Crippen LogP contribution in [0.1, 0.15) is 30.9 Å². The highest BCUT2D eigenvalue weighted by atomic mass is 19.1. The summed E-state index contributed by atoms with van der Waals surface area (Å²) in [6, 6.07) is 12.3. The highest BCUT2D eigenvalue weighted by molar-refractivity contribution is 6.30. The smallest absolute Gasteiger partial charge is 0.301 e. The molecule has 0 amide bonds. The SMILES string of the molecule is COc1cc(NC2=N[N+]3(N4CCCCC4c4ccc(F)cc4)C=CN=CC3=N2)cc(OC)c1. The van der Waals surface area contributed by atoms with Crippen LogP contribution in [0.15, 0.2) is 70.0 Å². The number of hydrogen-bond donors (Lipinski definition) is 1. The van der Waals surface area contributed by atoms with Crippen LogP contribution in [0.3, 0.4) is 0 Å². The molecule has 0 spiro atoms. The average Bonchev–Trinajstić information content (AvgIpc) is 3.23. The Bertz CT molecular complexity index is 1140. The van der Waals surface area contributed by atoms with E-state index in [1.54, 1.807) is 32.7 Å². The summed E-state index contributed by atoms with van der Waals surface area (Å²) in [6.07, 6.45) is 8.51. The van der Waals surface area contributed by atoms with Crippen molar-refractivity contribution < 1.29 is 18.6 Å². The minimum absolute atomic E-state index is 0.0701. The maximum absolute atomic E-state index is 13.6. The first-order valence-corrected chi connectivity index (χ1v) is 10.9. The molecule has 2 atom stereocenters. The van der Waals surface area contributed by atoms with Gasteiger partial charge in [0.05, 0.1) is 33.0 Å². The summed E-state index contributed by atoms with van der Waals surface area (Å²) in [5, 5.41) is 10.6.